The van der Waals surface area contributed by atoms with Crippen LogP contribution in [-0.4, -0.2) is 18.9 Å². The second kappa shape index (κ2) is 9.01. The van der Waals surface area contributed by atoms with Gasteiger partial charge in [0.15, 0.2) is 0 Å². The third kappa shape index (κ3) is 5.74. The topological polar surface area (TPSA) is 35.5 Å². The number of rotatable bonds is 8. The van der Waals surface area contributed by atoms with Gasteiger partial charge in [-0.2, -0.15) is 0 Å². The molecule has 0 spiro atoms. The molecule has 0 bridgehead atoms. The van der Waals surface area contributed by atoms with Gasteiger partial charge in [0.05, 0.1) is 18.9 Å². The fraction of sp³-hybridized carbons (Fsp3) is 0.684. The van der Waals surface area contributed by atoms with Crippen LogP contribution in [0.25, 0.3) is 0 Å². The molecule has 132 valence electrons. The fourth-order valence-electron chi connectivity index (χ4n) is 3.12. The van der Waals surface area contributed by atoms with Gasteiger partial charge in [0, 0.05) is 0 Å². The van der Waals surface area contributed by atoms with E-state index in [0.717, 1.165) is 0 Å². The third-order valence-corrected chi connectivity index (χ3v) is 6.83. The molecule has 0 aromatic heterocycles. The summed E-state index contributed by atoms with van der Waals surface area (Å²) in [6.07, 6.45) is 11.8. The zero-order chi connectivity index (χ0) is 17.5. The zero-order valence-electron chi connectivity index (χ0n) is 15.6. The SMILES string of the molecule is CCOP(=O)(OCC)C(C)C=CC=CC1=C(C)CCCC1(C)C. The monoisotopic (exact) mass is 340 g/mol. The van der Waals surface area contributed by atoms with Gasteiger partial charge in [-0.05, 0) is 57.9 Å². The molecule has 4 heteroatoms. The first-order chi connectivity index (χ1) is 10.8. The smallest absolute Gasteiger partial charge is 0.308 e. The summed E-state index contributed by atoms with van der Waals surface area (Å²) in [5.74, 6) is 0. The highest BCUT2D eigenvalue weighted by Gasteiger charge is 2.29. The van der Waals surface area contributed by atoms with Crippen molar-refractivity contribution in [1.29, 1.82) is 0 Å². The molecule has 0 saturated carbocycles. The molecule has 1 atom stereocenters. The largest absolute Gasteiger partial charge is 0.337 e. The highest BCUT2D eigenvalue weighted by Crippen LogP contribution is 2.53. The van der Waals surface area contributed by atoms with Gasteiger partial charge in [-0.1, -0.05) is 43.7 Å². The average molecular weight is 340 g/mol. The third-order valence-electron chi connectivity index (χ3n) is 4.42. The maximum absolute atomic E-state index is 12.6. The Balaban J connectivity index is 2.79. The van der Waals surface area contributed by atoms with Crippen LogP contribution in [0.15, 0.2) is 35.5 Å². The Morgan fingerprint density at radius 1 is 1.22 bits per heavy atom. The summed E-state index contributed by atoms with van der Waals surface area (Å²) in [4.78, 5) is 0. The van der Waals surface area contributed by atoms with Crippen LogP contribution >= 0.6 is 7.60 Å². The summed E-state index contributed by atoms with van der Waals surface area (Å²) < 4.78 is 23.4. The van der Waals surface area contributed by atoms with Gasteiger partial charge in [0.1, 0.15) is 0 Å². The molecule has 1 unspecified atom stereocenters. The van der Waals surface area contributed by atoms with Gasteiger partial charge in [-0.25, -0.2) is 0 Å². The summed E-state index contributed by atoms with van der Waals surface area (Å²) in [5, 5.41) is 0. The van der Waals surface area contributed by atoms with Crippen LogP contribution in [0.5, 0.6) is 0 Å². The van der Waals surface area contributed by atoms with Crippen molar-refractivity contribution in [2.45, 2.75) is 66.5 Å². The van der Waals surface area contributed by atoms with Gasteiger partial charge < -0.3 is 9.05 Å². The van der Waals surface area contributed by atoms with Crippen molar-refractivity contribution >= 4 is 7.60 Å². The van der Waals surface area contributed by atoms with Crippen molar-refractivity contribution in [3.63, 3.8) is 0 Å². The Bertz CT molecular complexity index is 505. The molecule has 0 fully saturated rings. The summed E-state index contributed by atoms with van der Waals surface area (Å²) >= 11 is 0. The van der Waals surface area contributed by atoms with Gasteiger partial charge >= 0.3 is 7.60 Å². The van der Waals surface area contributed by atoms with Crippen LogP contribution in [0, 0.1) is 5.41 Å². The average Bonchev–Trinajstić information content (AvgIpc) is 2.45. The minimum atomic E-state index is -3.05. The normalized spacial score (nSPS) is 20.6. The van der Waals surface area contributed by atoms with Crippen molar-refractivity contribution < 1.29 is 13.6 Å². The van der Waals surface area contributed by atoms with E-state index < -0.39 is 7.60 Å². The summed E-state index contributed by atoms with van der Waals surface area (Å²) in [5.41, 5.74) is 2.90. The van der Waals surface area contributed by atoms with Crippen LogP contribution in [0.1, 0.15) is 60.8 Å². The summed E-state index contributed by atoms with van der Waals surface area (Å²) in [6, 6.07) is 0. The molecule has 1 aliphatic carbocycles. The van der Waals surface area contributed by atoms with E-state index in [1.165, 1.54) is 30.4 Å². The van der Waals surface area contributed by atoms with Crippen molar-refractivity contribution in [1.82, 2.24) is 0 Å². The lowest BCUT2D eigenvalue weighted by atomic mass is 9.73. The van der Waals surface area contributed by atoms with Crippen LogP contribution in [-0.2, 0) is 13.6 Å². The highest BCUT2D eigenvalue weighted by atomic mass is 31.2. The molecular weight excluding hydrogens is 307 g/mol. The molecule has 0 heterocycles. The first-order valence-electron chi connectivity index (χ1n) is 8.70. The Labute approximate surface area is 142 Å². The minimum absolute atomic E-state index is 0.240. The van der Waals surface area contributed by atoms with Crippen LogP contribution in [0.3, 0.4) is 0 Å². The van der Waals surface area contributed by atoms with E-state index in [0.29, 0.717) is 13.2 Å². The van der Waals surface area contributed by atoms with Crippen molar-refractivity contribution in [2.24, 2.45) is 5.41 Å². The molecule has 1 rings (SSSR count). The number of allylic oxidation sites excluding steroid dienone is 6. The van der Waals surface area contributed by atoms with E-state index in [9.17, 15) is 4.57 Å². The minimum Gasteiger partial charge on any atom is -0.308 e. The maximum atomic E-state index is 12.6. The lowest BCUT2D eigenvalue weighted by Gasteiger charge is -2.32. The number of hydrogen-bond acceptors (Lipinski definition) is 3. The highest BCUT2D eigenvalue weighted by molar-refractivity contribution is 7.54. The maximum Gasteiger partial charge on any atom is 0.337 e. The molecule has 1 aliphatic rings. The van der Waals surface area contributed by atoms with E-state index in [4.69, 9.17) is 9.05 Å². The van der Waals surface area contributed by atoms with Crippen LogP contribution < -0.4 is 0 Å². The van der Waals surface area contributed by atoms with Gasteiger partial charge in [0.2, 0.25) is 0 Å². The number of hydrogen-bond donors (Lipinski definition) is 0. The molecule has 0 N–H and O–H groups in total. The second-order valence-corrected chi connectivity index (χ2v) is 9.20. The zero-order valence-corrected chi connectivity index (χ0v) is 16.5. The van der Waals surface area contributed by atoms with Crippen molar-refractivity contribution in [3.05, 3.63) is 35.5 Å². The standard InChI is InChI=1S/C19H33O3P/c1-7-21-23(20,22-8-2)17(4)13-9-10-14-18-16(3)12-11-15-19(18,5)6/h9-10,13-14,17H,7-8,11-12,15H2,1-6H3. The van der Waals surface area contributed by atoms with E-state index in [1.807, 2.05) is 39.0 Å². The summed E-state index contributed by atoms with van der Waals surface area (Å²) in [6.45, 7) is 13.2. The lowest BCUT2D eigenvalue weighted by molar-refractivity contribution is 0.216. The molecule has 0 aromatic carbocycles. The van der Waals surface area contributed by atoms with E-state index in [-0.39, 0.29) is 11.1 Å². The predicted molar refractivity (Wildman–Crippen MR) is 98.9 cm³/mol. The lowest BCUT2D eigenvalue weighted by Crippen LogP contribution is -2.18. The van der Waals surface area contributed by atoms with Crippen LogP contribution in [0.4, 0.5) is 0 Å². The Morgan fingerprint density at radius 2 is 1.83 bits per heavy atom. The summed E-state index contributed by atoms with van der Waals surface area (Å²) in [7, 11) is -3.05. The molecule has 0 aliphatic heterocycles. The quantitative estimate of drug-likeness (QED) is 0.385. The molecule has 0 radical (unpaired) electrons. The Morgan fingerprint density at radius 3 is 2.35 bits per heavy atom. The molecule has 3 nitrogen and oxygen atoms in total. The van der Waals surface area contributed by atoms with Gasteiger partial charge in [0.25, 0.3) is 0 Å². The predicted octanol–water partition coefficient (Wildman–Crippen LogP) is 6.28. The molecular formula is C19H33O3P. The van der Waals surface area contributed by atoms with Crippen LogP contribution in [0.2, 0.25) is 0 Å². The van der Waals surface area contributed by atoms with Gasteiger partial charge in [-0.3, -0.25) is 4.57 Å². The van der Waals surface area contributed by atoms with Crippen molar-refractivity contribution in [2.75, 3.05) is 13.2 Å². The fourth-order valence-corrected chi connectivity index (χ4v) is 4.70. The Hall–Kier alpha value is -0.630. The Kier molecular flexibility index (Phi) is 8.00. The molecule has 23 heavy (non-hydrogen) atoms. The van der Waals surface area contributed by atoms with E-state index >= 15 is 0 Å². The molecule has 0 aromatic rings. The second-order valence-electron chi connectivity index (χ2n) is 6.79. The van der Waals surface area contributed by atoms with Crippen molar-refractivity contribution in [3.8, 4) is 0 Å². The van der Waals surface area contributed by atoms with E-state index in [2.05, 4.69) is 26.8 Å². The first-order valence-corrected chi connectivity index (χ1v) is 10.3. The molecule has 0 amide bonds. The first kappa shape index (κ1) is 20.4. The van der Waals surface area contributed by atoms with E-state index in [1.54, 1.807) is 0 Å². The van der Waals surface area contributed by atoms with Gasteiger partial charge in [-0.15, -0.1) is 0 Å². The molecule has 0 saturated heterocycles.